The van der Waals surface area contributed by atoms with E-state index in [9.17, 15) is 22.7 Å². The molecule has 3 aromatic carbocycles. The van der Waals surface area contributed by atoms with Crippen LogP contribution in [0.25, 0.3) is 10.8 Å². The summed E-state index contributed by atoms with van der Waals surface area (Å²) in [6, 6.07) is 11.8. The molecule has 0 aliphatic heterocycles. The molecule has 0 aliphatic rings. The Morgan fingerprint density at radius 1 is 0.880 bits per heavy atom. The fourth-order valence-corrected chi connectivity index (χ4v) is 2.80. The average Bonchev–Trinajstić information content (AvgIpc) is 2.63. The van der Waals surface area contributed by atoms with E-state index >= 15 is 0 Å². The maximum absolute atomic E-state index is 14.3. The van der Waals surface area contributed by atoms with Crippen molar-refractivity contribution in [3.05, 3.63) is 95.1 Å². The van der Waals surface area contributed by atoms with E-state index in [1.165, 1.54) is 12.1 Å². The monoisotopic (exact) mass is 346 g/mol. The molecule has 3 rings (SSSR count). The lowest BCUT2D eigenvalue weighted by atomic mass is 9.95. The van der Waals surface area contributed by atoms with Crippen molar-refractivity contribution in [1.82, 2.24) is 0 Å². The van der Waals surface area contributed by atoms with E-state index in [0.29, 0.717) is 0 Å². The van der Waals surface area contributed by atoms with E-state index in [0.717, 1.165) is 16.8 Å². The minimum Gasteiger partial charge on any atom is -0.383 e. The van der Waals surface area contributed by atoms with Gasteiger partial charge in [0.25, 0.3) is 0 Å². The molecule has 0 heterocycles. The summed E-state index contributed by atoms with van der Waals surface area (Å²) in [6.45, 7) is 3.30. The number of rotatable bonds is 4. The number of benzene rings is 3. The number of aliphatic hydroxyl groups excluding tert-OH is 1. The van der Waals surface area contributed by atoms with Crippen LogP contribution in [0.4, 0.5) is 17.6 Å². The molecule has 5 heteroatoms. The molecule has 0 fully saturated rings. The number of aliphatic hydroxyl groups is 1. The highest BCUT2D eigenvalue weighted by atomic mass is 19.2. The molecule has 3 aromatic rings. The van der Waals surface area contributed by atoms with Gasteiger partial charge in [0.1, 0.15) is 6.10 Å². The zero-order valence-corrected chi connectivity index (χ0v) is 13.1. The number of halogens is 4. The fourth-order valence-electron chi connectivity index (χ4n) is 2.80. The van der Waals surface area contributed by atoms with Crippen molar-refractivity contribution in [2.24, 2.45) is 0 Å². The summed E-state index contributed by atoms with van der Waals surface area (Å²) in [5.74, 6) is -6.24. The van der Waals surface area contributed by atoms with Gasteiger partial charge in [0.05, 0.1) is 5.56 Å². The lowest BCUT2D eigenvalue weighted by molar-refractivity contribution is 0.205. The first kappa shape index (κ1) is 17.2. The van der Waals surface area contributed by atoms with Crippen LogP contribution in [-0.4, -0.2) is 5.11 Å². The van der Waals surface area contributed by atoms with Crippen molar-refractivity contribution in [3.8, 4) is 0 Å². The van der Waals surface area contributed by atoms with Crippen LogP contribution < -0.4 is 0 Å². The maximum Gasteiger partial charge on any atom is 0.168 e. The molecule has 0 aliphatic carbocycles. The van der Waals surface area contributed by atoms with Gasteiger partial charge in [0.2, 0.25) is 0 Å². The summed E-state index contributed by atoms with van der Waals surface area (Å²) in [4.78, 5) is 0. The number of hydrogen-bond acceptors (Lipinski definition) is 1. The molecule has 1 atom stereocenters. The SMILES string of the molecule is C=CCc1c(F)c(F)c(C(O)c2ccc3ccccc3c2)c(F)c1F. The molecule has 0 aromatic heterocycles. The van der Waals surface area contributed by atoms with E-state index in [1.807, 2.05) is 12.1 Å². The lowest BCUT2D eigenvalue weighted by Crippen LogP contribution is -2.13. The maximum atomic E-state index is 14.3. The van der Waals surface area contributed by atoms with E-state index in [4.69, 9.17) is 0 Å². The van der Waals surface area contributed by atoms with Gasteiger partial charge >= 0.3 is 0 Å². The second-order valence-electron chi connectivity index (χ2n) is 5.65. The highest BCUT2D eigenvalue weighted by Crippen LogP contribution is 2.33. The van der Waals surface area contributed by atoms with E-state index < -0.39 is 40.5 Å². The molecular weight excluding hydrogens is 332 g/mol. The third-order valence-corrected chi connectivity index (χ3v) is 4.10. The largest absolute Gasteiger partial charge is 0.383 e. The Bertz CT molecular complexity index is 936. The topological polar surface area (TPSA) is 20.2 Å². The van der Waals surface area contributed by atoms with Crippen LogP contribution in [0.1, 0.15) is 22.8 Å². The molecule has 0 bridgehead atoms. The van der Waals surface area contributed by atoms with Gasteiger partial charge in [-0.15, -0.1) is 6.58 Å². The zero-order valence-electron chi connectivity index (χ0n) is 13.1. The van der Waals surface area contributed by atoms with Crippen molar-refractivity contribution in [2.75, 3.05) is 0 Å². The Labute approximate surface area is 141 Å². The quantitative estimate of drug-likeness (QED) is 0.391. The van der Waals surface area contributed by atoms with Crippen LogP contribution in [0.3, 0.4) is 0 Å². The summed E-state index contributed by atoms with van der Waals surface area (Å²) in [5.41, 5.74) is -1.66. The summed E-state index contributed by atoms with van der Waals surface area (Å²) in [7, 11) is 0. The highest BCUT2D eigenvalue weighted by molar-refractivity contribution is 5.83. The molecule has 0 amide bonds. The number of allylic oxidation sites excluding steroid dienone is 1. The first-order valence-corrected chi connectivity index (χ1v) is 7.58. The minimum atomic E-state index is -1.84. The van der Waals surface area contributed by atoms with Crippen LogP contribution in [0.5, 0.6) is 0 Å². The first-order valence-electron chi connectivity index (χ1n) is 7.58. The van der Waals surface area contributed by atoms with Crippen molar-refractivity contribution in [1.29, 1.82) is 0 Å². The third-order valence-electron chi connectivity index (χ3n) is 4.10. The van der Waals surface area contributed by atoms with Gasteiger partial charge in [-0.25, -0.2) is 17.6 Å². The smallest absolute Gasteiger partial charge is 0.168 e. The third kappa shape index (κ3) is 2.91. The summed E-state index contributed by atoms with van der Waals surface area (Å²) in [5, 5.41) is 11.9. The standard InChI is InChI=1S/C20H14F4O/c1-2-5-14-16(21)18(23)15(19(24)17(14)22)20(25)13-9-8-11-6-3-4-7-12(11)10-13/h2-4,6-10,20,25H,1,5H2. The van der Waals surface area contributed by atoms with E-state index in [1.54, 1.807) is 18.2 Å². The first-order chi connectivity index (χ1) is 12.0. The minimum absolute atomic E-state index is 0.131. The molecule has 1 nitrogen and oxygen atoms in total. The molecule has 0 saturated heterocycles. The van der Waals surface area contributed by atoms with Crippen LogP contribution >= 0.6 is 0 Å². The van der Waals surface area contributed by atoms with Crippen molar-refractivity contribution >= 4 is 10.8 Å². The molecule has 1 N–H and O–H groups in total. The van der Waals surface area contributed by atoms with Gasteiger partial charge in [-0.2, -0.15) is 0 Å². The Morgan fingerprint density at radius 3 is 2.08 bits per heavy atom. The molecule has 1 unspecified atom stereocenters. The lowest BCUT2D eigenvalue weighted by Gasteiger charge is -2.17. The average molecular weight is 346 g/mol. The zero-order chi connectivity index (χ0) is 18.1. The molecule has 0 saturated carbocycles. The van der Waals surface area contributed by atoms with Crippen LogP contribution in [0.15, 0.2) is 55.1 Å². The molecule has 0 radical (unpaired) electrons. The predicted octanol–water partition coefficient (Wildman–Crippen LogP) is 5.21. The van der Waals surface area contributed by atoms with Crippen molar-refractivity contribution in [3.63, 3.8) is 0 Å². The van der Waals surface area contributed by atoms with Gasteiger partial charge in [-0.3, -0.25) is 0 Å². The van der Waals surface area contributed by atoms with Gasteiger partial charge in [0.15, 0.2) is 23.3 Å². The van der Waals surface area contributed by atoms with E-state index in [2.05, 4.69) is 6.58 Å². The fraction of sp³-hybridized carbons (Fsp3) is 0.100. The Morgan fingerprint density at radius 2 is 1.48 bits per heavy atom. The van der Waals surface area contributed by atoms with E-state index in [-0.39, 0.29) is 12.0 Å². The van der Waals surface area contributed by atoms with Crippen molar-refractivity contribution < 1.29 is 22.7 Å². The second kappa shape index (κ2) is 6.69. The Hall–Kier alpha value is -2.66. The van der Waals surface area contributed by atoms with Crippen molar-refractivity contribution in [2.45, 2.75) is 12.5 Å². The number of fused-ring (bicyclic) bond motifs is 1. The van der Waals surface area contributed by atoms with Crippen LogP contribution in [0.2, 0.25) is 0 Å². The summed E-state index contributed by atoms with van der Waals surface area (Å²) < 4.78 is 56.8. The summed E-state index contributed by atoms with van der Waals surface area (Å²) >= 11 is 0. The van der Waals surface area contributed by atoms with Gasteiger partial charge in [0, 0.05) is 5.56 Å². The Balaban J connectivity index is 2.15. The normalized spacial score (nSPS) is 12.4. The predicted molar refractivity (Wildman–Crippen MR) is 88.2 cm³/mol. The second-order valence-corrected chi connectivity index (χ2v) is 5.65. The van der Waals surface area contributed by atoms with Gasteiger partial charge < -0.3 is 5.11 Å². The highest BCUT2D eigenvalue weighted by Gasteiger charge is 2.29. The summed E-state index contributed by atoms with van der Waals surface area (Å²) in [6.07, 6.45) is -1.07. The Kier molecular flexibility index (Phi) is 4.59. The van der Waals surface area contributed by atoms with Gasteiger partial charge in [-0.1, -0.05) is 42.5 Å². The molecule has 128 valence electrons. The van der Waals surface area contributed by atoms with Crippen LogP contribution in [-0.2, 0) is 6.42 Å². The van der Waals surface area contributed by atoms with Gasteiger partial charge in [-0.05, 0) is 28.8 Å². The molecular formula is C20H14F4O. The molecule has 0 spiro atoms. The molecule has 25 heavy (non-hydrogen) atoms. The van der Waals surface area contributed by atoms with Crippen LogP contribution in [0, 0.1) is 23.3 Å². The number of hydrogen-bond donors (Lipinski definition) is 1.